The highest BCUT2D eigenvalue weighted by Gasteiger charge is 2.24. The number of benzene rings is 1. The van der Waals surface area contributed by atoms with E-state index in [1.807, 2.05) is 26.0 Å². The quantitative estimate of drug-likeness (QED) is 0.787. The molecule has 0 aromatic heterocycles. The van der Waals surface area contributed by atoms with Crippen LogP contribution >= 0.6 is 0 Å². The van der Waals surface area contributed by atoms with E-state index in [2.05, 4.69) is 5.32 Å². The molecule has 0 spiro atoms. The predicted molar refractivity (Wildman–Crippen MR) is 66.0 cm³/mol. The fourth-order valence-electron chi connectivity index (χ4n) is 1.58. The lowest BCUT2D eigenvalue weighted by Crippen LogP contribution is -2.29. The molecular formula is C13H17NO3. The molecule has 0 aliphatic carbocycles. The van der Waals surface area contributed by atoms with E-state index in [0.717, 1.165) is 11.1 Å². The number of aliphatic carboxylic acids is 1. The summed E-state index contributed by atoms with van der Waals surface area (Å²) in [5.74, 6) is -2.54. The van der Waals surface area contributed by atoms with Crippen LogP contribution in [-0.4, -0.2) is 17.0 Å². The number of carboxylic acid groups (broad SMARTS) is 1. The lowest BCUT2D eigenvalue weighted by atomic mass is 10.0. The molecule has 1 unspecified atom stereocenters. The normalized spacial score (nSPS) is 11.9. The molecule has 1 aromatic carbocycles. The first-order chi connectivity index (χ1) is 7.97. The molecule has 92 valence electrons. The predicted octanol–water partition coefficient (Wildman–Crippen LogP) is 2.35. The summed E-state index contributed by atoms with van der Waals surface area (Å²) in [6, 6.07) is 5.55. The van der Waals surface area contributed by atoms with Gasteiger partial charge in [-0.2, -0.15) is 0 Å². The number of carbonyl (C=O) groups is 2. The van der Waals surface area contributed by atoms with Crippen molar-refractivity contribution in [1.82, 2.24) is 0 Å². The molecule has 17 heavy (non-hydrogen) atoms. The van der Waals surface area contributed by atoms with E-state index in [9.17, 15) is 9.59 Å². The van der Waals surface area contributed by atoms with Crippen LogP contribution in [0.4, 0.5) is 5.69 Å². The van der Waals surface area contributed by atoms with Crippen LogP contribution in [0.15, 0.2) is 18.2 Å². The zero-order chi connectivity index (χ0) is 13.0. The summed E-state index contributed by atoms with van der Waals surface area (Å²) in [6.07, 6.45) is 0.284. The zero-order valence-corrected chi connectivity index (χ0v) is 10.3. The van der Waals surface area contributed by atoms with Crippen molar-refractivity contribution < 1.29 is 14.7 Å². The second kappa shape index (κ2) is 5.48. The second-order valence-electron chi connectivity index (χ2n) is 4.04. The van der Waals surface area contributed by atoms with Crippen LogP contribution in [0.1, 0.15) is 24.5 Å². The van der Waals surface area contributed by atoms with Gasteiger partial charge in [0.2, 0.25) is 5.91 Å². The van der Waals surface area contributed by atoms with E-state index in [1.165, 1.54) is 0 Å². The lowest BCUT2D eigenvalue weighted by molar-refractivity contribution is -0.145. The summed E-state index contributed by atoms with van der Waals surface area (Å²) in [7, 11) is 0. The standard InChI is InChI=1S/C13H17NO3/c1-4-10(13(16)17)12(15)14-11-7-5-6-8(2)9(11)3/h5-7,10H,4H2,1-3H3,(H,14,15)(H,16,17). The van der Waals surface area contributed by atoms with Crippen molar-refractivity contribution in [3.63, 3.8) is 0 Å². The van der Waals surface area contributed by atoms with Gasteiger partial charge in [0, 0.05) is 5.69 Å². The van der Waals surface area contributed by atoms with E-state index < -0.39 is 17.8 Å². The summed E-state index contributed by atoms with van der Waals surface area (Å²) < 4.78 is 0. The maximum atomic E-state index is 11.8. The highest BCUT2D eigenvalue weighted by Crippen LogP contribution is 2.19. The Balaban J connectivity index is 2.88. The molecule has 0 heterocycles. The number of amides is 1. The van der Waals surface area contributed by atoms with Gasteiger partial charge in [0.1, 0.15) is 5.92 Å². The third-order valence-corrected chi connectivity index (χ3v) is 2.89. The largest absolute Gasteiger partial charge is 0.481 e. The molecule has 0 fully saturated rings. The topological polar surface area (TPSA) is 66.4 Å². The molecule has 4 nitrogen and oxygen atoms in total. The average molecular weight is 235 g/mol. The molecule has 4 heteroatoms. The first-order valence-electron chi connectivity index (χ1n) is 5.57. The molecule has 1 aromatic rings. The van der Waals surface area contributed by atoms with Gasteiger partial charge in [0.05, 0.1) is 0 Å². The maximum absolute atomic E-state index is 11.8. The van der Waals surface area contributed by atoms with Crippen molar-refractivity contribution >= 4 is 17.6 Å². The number of anilines is 1. The van der Waals surface area contributed by atoms with E-state index in [1.54, 1.807) is 13.0 Å². The van der Waals surface area contributed by atoms with E-state index in [4.69, 9.17) is 5.11 Å². The van der Waals surface area contributed by atoms with Gasteiger partial charge in [-0.25, -0.2) is 0 Å². The minimum Gasteiger partial charge on any atom is -0.481 e. The van der Waals surface area contributed by atoms with Crippen LogP contribution in [-0.2, 0) is 9.59 Å². The molecule has 0 aliphatic heterocycles. The van der Waals surface area contributed by atoms with Gasteiger partial charge in [0.15, 0.2) is 0 Å². The van der Waals surface area contributed by atoms with Crippen LogP contribution in [0.3, 0.4) is 0 Å². The molecule has 1 rings (SSSR count). The Labute approximate surface area is 101 Å². The first-order valence-corrected chi connectivity index (χ1v) is 5.57. The van der Waals surface area contributed by atoms with Crippen molar-refractivity contribution in [2.75, 3.05) is 5.32 Å². The van der Waals surface area contributed by atoms with E-state index >= 15 is 0 Å². The molecule has 0 saturated heterocycles. The summed E-state index contributed by atoms with van der Waals surface area (Å²) in [5, 5.41) is 11.5. The van der Waals surface area contributed by atoms with Crippen LogP contribution in [0.5, 0.6) is 0 Å². The SMILES string of the molecule is CCC(C(=O)O)C(=O)Nc1cccc(C)c1C. The Morgan fingerprint density at radius 3 is 2.53 bits per heavy atom. The molecule has 1 amide bonds. The molecular weight excluding hydrogens is 218 g/mol. The first kappa shape index (κ1) is 13.2. The van der Waals surface area contributed by atoms with E-state index in [0.29, 0.717) is 5.69 Å². The summed E-state index contributed by atoms with van der Waals surface area (Å²) >= 11 is 0. The molecule has 0 bridgehead atoms. The summed E-state index contributed by atoms with van der Waals surface area (Å²) in [6.45, 7) is 5.52. The second-order valence-corrected chi connectivity index (χ2v) is 4.04. The minimum atomic E-state index is -1.09. The number of nitrogens with one attached hydrogen (secondary N) is 1. The Morgan fingerprint density at radius 2 is 2.00 bits per heavy atom. The summed E-state index contributed by atoms with van der Waals surface area (Å²) in [5.41, 5.74) is 2.70. The Morgan fingerprint density at radius 1 is 1.35 bits per heavy atom. The van der Waals surface area contributed by atoms with Crippen molar-refractivity contribution in [3.8, 4) is 0 Å². The highest BCUT2D eigenvalue weighted by atomic mass is 16.4. The summed E-state index contributed by atoms with van der Waals surface area (Å²) in [4.78, 5) is 22.6. The highest BCUT2D eigenvalue weighted by molar-refractivity contribution is 6.04. The third kappa shape index (κ3) is 3.06. The van der Waals surface area contributed by atoms with E-state index in [-0.39, 0.29) is 6.42 Å². The van der Waals surface area contributed by atoms with Crippen LogP contribution in [0.2, 0.25) is 0 Å². The van der Waals surface area contributed by atoms with Crippen molar-refractivity contribution in [1.29, 1.82) is 0 Å². The maximum Gasteiger partial charge on any atom is 0.316 e. The van der Waals surface area contributed by atoms with Gasteiger partial charge in [-0.05, 0) is 37.5 Å². The van der Waals surface area contributed by atoms with Crippen LogP contribution in [0, 0.1) is 19.8 Å². The monoisotopic (exact) mass is 235 g/mol. The van der Waals surface area contributed by atoms with Crippen molar-refractivity contribution in [2.45, 2.75) is 27.2 Å². The molecule has 0 aliphatic rings. The van der Waals surface area contributed by atoms with Crippen LogP contribution < -0.4 is 5.32 Å². The fraction of sp³-hybridized carbons (Fsp3) is 0.385. The zero-order valence-electron chi connectivity index (χ0n) is 10.3. The fourth-order valence-corrected chi connectivity index (χ4v) is 1.58. The molecule has 0 radical (unpaired) electrons. The van der Waals surface area contributed by atoms with Gasteiger partial charge in [-0.1, -0.05) is 19.1 Å². The number of carboxylic acids is 1. The smallest absolute Gasteiger partial charge is 0.316 e. The number of carbonyl (C=O) groups excluding carboxylic acids is 1. The lowest BCUT2D eigenvalue weighted by Gasteiger charge is -2.13. The Bertz CT molecular complexity index is 440. The molecule has 1 atom stereocenters. The third-order valence-electron chi connectivity index (χ3n) is 2.89. The van der Waals surface area contributed by atoms with Gasteiger partial charge in [-0.3, -0.25) is 9.59 Å². The molecule has 0 saturated carbocycles. The number of aryl methyl sites for hydroxylation is 1. The number of hydrogen-bond acceptors (Lipinski definition) is 2. The van der Waals surface area contributed by atoms with Gasteiger partial charge in [0.25, 0.3) is 0 Å². The Kier molecular flexibility index (Phi) is 4.26. The Hall–Kier alpha value is -1.84. The van der Waals surface area contributed by atoms with Gasteiger partial charge in [-0.15, -0.1) is 0 Å². The van der Waals surface area contributed by atoms with Crippen molar-refractivity contribution in [2.24, 2.45) is 5.92 Å². The minimum absolute atomic E-state index is 0.284. The van der Waals surface area contributed by atoms with Gasteiger partial charge >= 0.3 is 5.97 Å². The van der Waals surface area contributed by atoms with Gasteiger partial charge < -0.3 is 10.4 Å². The number of rotatable bonds is 4. The average Bonchev–Trinajstić information content (AvgIpc) is 2.25. The molecule has 2 N–H and O–H groups in total. The number of hydrogen-bond donors (Lipinski definition) is 2. The van der Waals surface area contributed by atoms with Crippen LogP contribution in [0.25, 0.3) is 0 Å². The van der Waals surface area contributed by atoms with Crippen molar-refractivity contribution in [3.05, 3.63) is 29.3 Å².